The molecule has 2 rings (SSSR count). The lowest BCUT2D eigenvalue weighted by Gasteiger charge is -2.27. The quantitative estimate of drug-likeness (QED) is 0.0353. The van der Waals surface area contributed by atoms with Crippen LogP contribution < -0.4 is 32.3 Å². The van der Waals surface area contributed by atoms with E-state index in [1.807, 2.05) is 60.7 Å². The minimum Gasteiger partial charge on any atom is -0.444 e. The number of aliphatic hydroxyl groups is 1. The minimum atomic E-state index is -1.68. The standard InChI is InChI=1S/C33H48N8O9/c1-22(37-29(44)26(39-32(46)50-33(2,3)4)21-49-20-24-14-9-6-10-15-24)28(43)38-25(16-11-18-36-31(34)40-41(47)48)27(42)30(45)35-19-17-23-12-7-5-8-13-23/h5-10,12-15,22,25-27,42H,11,16-21H2,1-4H3,(H,35,45)(H,37,44)(H,38,43)(H,39,46)(H3,34,36,40). The molecule has 50 heavy (non-hydrogen) atoms. The molecule has 2 aromatic rings. The number of nitrogens with zero attached hydrogens (tertiary/aromatic N) is 2. The highest BCUT2D eigenvalue weighted by Gasteiger charge is 2.31. The zero-order valence-electron chi connectivity index (χ0n) is 28.7. The van der Waals surface area contributed by atoms with Crippen molar-refractivity contribution in [3.05, 3.63) is 81.9 Å². The summed E-state index contributed by atoms with van der Waals surface area (Å²) in [5.74, 6) is -2.65. The molecule has 0 saturated heterocycles. The van der Waals surface area contributed by atoms with Crippen LogP contribution in [0.25, 0.3) is 0 Å². The number of aliphatic hydroxyl groups excluding tert-OH is 1. The smallest absolute Gasteiger partial charge is 0.408 e. The Morgan fingerprint density at radius 3 is 2.12 bits per heavy atom. The number of guanidine groups is 1. The van der Waals surface area contributed by atoms with Gasteiger partial charge in [0.2, 0.25) is 11.8 Å². The maximum Gasteiger partial charge on any atom is 0.408 e. The lowest BCUT2D eigenvalue weighted by molar-refractivity contribution is -0.485. The molecule has 0 aliphatic rings. The molecule has 0 fully saturated rings. The molecular weight excluding hydrogens is 652 g/mol. The molecule has 0 aliphatic carbocycles. The van der Waals surface area contributed by atoms with Crippen molar-refractivity contribution >= 4 is 29.8 Å². The molecular formula is C33H48N8O9. The van der Waals surface area contributed by atoms with E-state index in [1.54, 1.807) is 20.8 Å². The van der Waals surface area contributed by atoms with Crippen molar-refractivity contribution in [2.75, 3.05) is 19.7 Å². The summed E-state index contributed by atoms with van der Waals surface area (Å²) in [7, 11) is 0. The Labute approximate surface area is 290 Å². The Kier molecular flexibility index (Phi) is 17.1. The summed E-state index contributed by atoms with van der Waals surface area (Å²) in [6.07, 6.45) is -1.80. The van der Waals surface area contributed by atoms with Gasteiger partial charge >= 0.3 is 6.09 Å². The molecule has 4 amide bonds. The molecule has 0 bridgehead atoms. The summed E-state index contributed by atoms with van der Waals surface area (Å²) in [5, 5.41) is 36.2. The second-order valence-corrected chi connectivity index (χ2v) is 12.3. The molecule has 4 atom stereocenters. The van der Waals surface area contributed by atoms with Crippen molar-refractivity contribution in [3.63, 3.8) is 0 Å². The van der Waals surface area contributed by atoms with Crippen LogP contribution in [0.4, 0.5) is 4.79 Å². The van der Waals surface area contributed by atoms with Crippen molar-refractivity contribution in [1.82, 2.24) is 26.6 Å². The number of nitrogens with two attached hydrogens (primary N) is 1. The number of hydrogen-bond donors (Lipinski definition) is 7. The normalized spacial score (nSPS) is 13.9. The van der Waals surface area contributed by atoms with E-state index >= 15 is 0 Å². The predicted octanol–water partition coefficient (Wildman–Crippen LogP) is 0.682. The molecule has 0 heterocycles. The Morgan fingerprint density at radius 2 is 1.52 bits per heavy atom. The summed E-state index contributed by atoms with van der Waals surface area (Å²) < 4.78 is 11.0. The van der Waals surface area contributed by atoms with Crippen LogP contribution in [0.1, 0.15) is 51.7 Å². The molecule has 2 aromatic carbocycles. The number of carbonyl (C=O) groups excluding carboxylic acids is 4. The van der Waals surface area contributed by atoms with E-state index < -0.39 is 64.6 Å². The van der Waals surface area contributed by atoms with Gasteiger partial charge in [-0.05, 0) is 58.1 Å². The molecule has 0 aromatic heterocycles. The number of nitro groups is 1. The molecule has 0 radical (unpaired) electrons. The van der Waals surface area contributed by atoms with Gasteiger partial charge in [-0.2, -0.15) is 0 Å². The first-order valence-corrected chi connectivity index (χ1v) is 16.1. The SMILES string of the molecule is CC(NC(=O)C(COCc1ccccc1)NC(=O)OC(C)(C)C)C(=O)NC(CCCN/C(N)=N/[N+](=O)[O-])C(O)C(=O)NCCc1ccccc1. The van der Waals surface area contributed by atoms with E-state index in [2.05, 4.69) is 31.7 Å². The van der Waals surface area contributed by atoms with Crippen LogP contribution in [0.3, 0.4) is 0 Å². The third-order valence-corrected chi connectivity index (χ3v) is 6.88. The highest BCUT2D eigenvalue weighted by Crippen LogP contribution is 2.09. The monoisotopic (exact) mass is 700 g/mol. The third-order valence-electron chi connectivity index (χ3n) is 6.88. The molecule has 8 N–H and O–H groups in total. The van der Waals surface area contributed by atoms with Crippen LogP contribution in [0.2, 0.25) is 0 Å². The van der Waals surface area contributed by atoms with Gasteiger partial charge in [0.25, 0.3) is 11.9 Å². The van der Waals surface area contributed by atoms with E-state index in [1.165, 1.54) is 6.92 Å². The number of ether oxygens (including phenoxy) is 2. The number of alkyl carbamates (subject to hydrolysis) is 1. The lowest BCUT2D eigenvalue weighted by Crippen LogP contribution is -2.57. The summed E-state index contributed by atoms with van der Waals surface area (Å²) in [6, 6.07) is 15.0. The topological polar surface area (TPSA) is 249 Å². The van der Waals surface area contributed by atoms with Gasteiger partial charge in [0.05, 0.1) is 19.3 Å². The lowest BCUT2D eigenvalue weighted by atomic mass is 10.0. The van der Waals surface area contributed by atoms with Crippen LogP contribution in [-0.4, -0.2) is 89.4 Å². The molecule has 0 aliphatic heterocycles. The van der Waals surface area contributed by atoms with Crippen LogP contribution in [0, 0.1) is 10.1 Å². The molecule has 0 saturated carbocycles. The zero-order chi connectivity index (χ0) is 37.1. The third kappa shape index (κ3) is 16.7. The van der Waals surface area contributed by atoms with Gasteiger partial charge in [-0.15, -0.1) is 0 Å². The average molecular weight is 701 g/mol. The molecule has 4 unspecified atom stereocenters. The Hall–Kier alpha value is -5.29. The number of hydrazone groups is 1. The summed E-state index contributed by atoms with van der Waals surface area (Å²) in [6.45, 7) is 6.60. The van der Waals surface area contributed by atoms with Crippen LogP contribution in [0.5, 0.6) is 0 Å². The first-order valence-electron chi connectivity index (χ1n) is 16.1. The number of rotatable bonds is 19. The maximum absolute atomic E-state index is 13.3. The van der Waals surface area contributed by atoms with Crippen LogP contribution in [0.15, 0.2) is 65.8 Å². The Morgan fingerprint density at radius 1 is 0.900 bits per heavy atom. The molecule has 0 spiro atoms. The minimum absolute atomic E-state index is 0.0363. The first-order chi connectivity index (χ1) is 23.6. The van der Waals surface area contributed by atoms with Gasteiger partial charge in [0.15, 0.2) is 11.1 Å². The predicted molar refractivity (Wildman–Crippen MR) is 184 cm³/mol. The zero-order valence-corrected chi connectivity index (χ0v) is 28.7. The van der Waals surface area contributed by atoms with E-state index in [0.717, 1.165) is 11.1 Å². The Bertz CT molecular complexity index is 1420. The van der Waals surface area contributed by atoms with E-state index in [9.17, 15) is 34.4 Å². The number of hydrogen-bond acceptors (Lipinski definition) is 9. The van der Waals surface area contributed by atoms with Gasteiger partial charge in [0, 0.05) is 13.1 Å². The van der Waals surface area contributed by atoms with Crippen molar-refractivity contribution in [2.24, 2.45) is 10.8 Å². The maximum atomic E-state index is 13.3. The highest BCUT2D eigenvalue weighted by atomic mass is 16.7. The van der Waals surface area contributed by atoms with E-state index in [-0.39, 0.29) is 39.1 Å². The number of carbonyl (C=O) groups is 4. The van der Waals surface area contributed by atoms with E-state index in [0.29, 0.717) is 6.42 Å². The van der Waals surface area contributed by atoms with E-state index in [4.69, 9.17) is 15.2 Å². The number of benzene rings is 2. The number of nitrogens with one attached hydrogen (secondary N) is 5. The van der Waals surface area contributed by atoms with Crippen molar-refractivity contribution in [2.45, 2.75) is 83.4 Å². The molecule has 274 valence electrons. The molecule has 17 nitrogen and oxygen atoms in total. The van der Waals surface area contributed by atoms with Crippen molar-refractivity contribution in [3.8, 4) is 0 Å². The fourth-order valence-electron chi connectivity index (χ4n) is 4.42. The summed E-state index contributed by atoms with van der Waals surface area (Å²) in [5.41, 5.74) is 6.42. The average Bonchev–Trinajstić information content (AvgIpc) is 3.04. The highest BCUT2D eigenvalue weighted by molar-refractivity contribution is 5.91. The Balaban J connectivity index is 2.08. The second kappa shape index (κ2) is 20.9. The van der Waals surface area contributed by atoms with Crippen molar-refractivity contribution < 1.29 is 38.8 Å². The second-order valence-electron chi connectivity index (χ2n) is 12.3. The fourth-order valence-corrected chi connectivity index (χ4v) is 4.42. The first kappa shape index (κ1) is 40.9. The van der Waals surface area contributed by atoms with Crippen molar-refractivity contribution in [1.29, 1.82) is 0 Å². The summed E-state index contributed by atoms with van der Waals surface area (Å²) in [4.78, 5) is 62.5. The largest absolute Gasteiger partial charge is 0.444 e. The van der Waals surface area contributed by atoms with Crippen LogP contribution >= 0.6 is 0 Å². The van der Waals surface area contributed by atoms with Gasteiger partial charge in [-0.1, -0.05) is 60.7 Å². The van der Waals surface area contributed by atoms with Gasteiger partial charge < -0.3 is 46.9 Å². The number of amides is 4. The van der Waals surface area contributed by atoms with Gasteiger partial charge in [0.1, 0.15) is 22.8 Å². The summed E-state index contributed by atoms with van der Waals surface area (Å²) >= 11 is 0. The van der Waals surface area contributed by atoms with Crippen LogP contribution in [-0.2, 0) is 36.9 Å². The van der Waals surface area contributed by atoms with Gasteiger partial charge in [-0.25, -0.2) is 14.9 Å². The molecule has 17 heteroatoms. The van der Waals surface area contributed by atoms with Gasteiger partial charge in [-0.3, -0.25) is 14.4 Å². The fraction of sp³-hybridized carbons (Fsp3) is 0.485.